The van der Waals surface area contributed by atoms with Crippen LogP contribution in [0.4, 0.5) is 0 Å². The molecule has 0 aromatic carbocycles. The molecule has 0 radical (unpaired) electrons. The standard InChI is InChI=1S/C5H8OS2.K/c7-5(8)6-4-2-1-3-4;/h4H,1-3H2,(H,7,8);/q;+1/p-1. The molecule has 0 heterocycles. The van der Waals surface area contributed by atoms with E-state index in [2.05, 4.69) is 24.8 Å². The molecule has 1 saturated carbocycles. The number of hydrogen-bond acceptors (Lipinski definition) is 3. The van der Waals surface area contributed by atoms with E-state index < -0.39 is 0 Å². The fourth-order valence-corrected chi connectivity index (χ4v) is 0.897. The van der Waals surface area contributed by atoms with Gasteiger partial charge in [-0.1, -0.05) is 0 Å². The monoisotopic (exact) mass is 186 g/mol. The Hall–Kier alpha value is 1.75. The van der Waals surface area contributed by atoms with Crippen LogP contribution in [-0.4, -0.2) is 10.5 Å². The molecular weight excluding hydrogens is 179 g/mol. The van der Waals surface area contributed by atoms with Gasteiger partial charge in [0.25, 0.3) is 0 Å². The summed E-state index contributed by atoms with van der Waals surface area (Å²) in [6, 6.07) is 0. The second-order valence-electron chi connectivity index (χ2n) is 1.92. The third kappa shape index (κ3) is 4.24. The summed E-state index contributed by atoms with van der Waals surface area (Å²) >= 11 is 9.13. The summed E-state index contributed by atoms with van der Waals surface area (Å²) in [6.07, 6.45) is 3.90. The molecule has 0 aliphatic heterocycles. The molecule has 0 saturated heterocycles. The predicted molar refractivity (Wildman–Crippen MR) is 38.7 cm³/mol. The van der Waals surface area contributed by atoms with Crippen molar-refractivity contribution in [2.75, 3.05) is 0 Å². The van der Waals surface area contributed by atoms with Crippen molar-refractivity contribution in [1.82, 2.24) is 0 Å². The number of rotatable bonds is 1. The zero-order valence-corrected chi connectivity index (χ0v) is 10.2. The summed E-state index contributed by atoms with van der Waals surface area (Å²) in [5.74, 6) is 0. The fraction of sp³-hybridized carbons (Fsp3) is 0.800. The van der Waals surface area contributed by atoms with Crippen LogP contribution in [0, 0.1) is 0 Å². The molecule has 1 aliphatic rings. The molecule has 1 rings (SSSR count). The van der Waals surface area contributed by atoms with Crippen molar-refractivity contribution < 1.29 is 56.1 Å². The third-order valence-electron chi connectivity index (χ3n) is 1.32. The predicted octanol–water partition coefficient (Wildman–Crippen LogP) is -1.61. The molecule has 1 aliphatic carbocycles. The van der Waals surface area contributed by atoms with E-state index in [9.17, 15) is 0 Å². The second-order valence-corrected chi connectivity index (χ2v) is 2.92. The third-order valence-corrected chi connectivity index (χ3v) is 1.51. The van der Waals surface area contributed by atoms with Crippen LogP contribution in [0.3, 0.4) is 0 Å². The Labute approximate surface area is 109 Å². The van der Waals surface area contributed by atoms with Gasteiger partial charge in [0.15, 0.2) is 0 Å². The minimum atomic E-state index is 0. The van der Waals surface area contributed by atoms with E-state index in [0.29, 0.717) is 6.10 Å². The van der Waals surface area contributed by atoms with Gasteiger partial charge in [0, 0.05) is 4.38 Å². The molecule has 0 unspecified atom stereocenters. The Bertz CT molecular complexity index is 103. The van der Waals surface area contributed by atoms with E-state index in [4.69, 9.17) is 4.74 Å². The van der Waals surface area contributed by atoms with Crippen molar-refractivity contribution in [2.45, 2.75) is 25.4 Å². The SMILES string of the molecule is S=C([S-])OC1CCC1.[K+]. The first-order valence-electron chi connectivity index (χ1n) is 2.66. The van der Waals surface area contributed by atoms with Crippen LogP contribution >= 0.6 is 12.2 Å². The van der Waals surface area contributed by atoms with Gasteiger partial charge in [0.05, 0.1) is 6.10 Å². The normalized spacial score (nSPS) is 17.3. The first kappa shape index (κ1) is 10.7. The van der Waals surface area contributed by atoms with Crippen LogP contribution < -0.4 is 51.4 Å². The Balaban J connectivity index is 0.000000640. The van der Waals surface area contributed by atoms with Crippen LogP contribution in [0.25, 0.3) is 0 Å². The van der Waals surface area contributed by atoms with Gasteiger partial charge in [0.2, 0.25) is 0 Å². The van der Waals surface area contributed by atoms with Crippen molar-refractivity contribution >= 4 is 29.2 Å². The molecule has 4 heteroatoms. The Kier molecular flexibility index (Phi) is 6.45. The van der Waals surface area contributed by atoms with E-state index in [1.807, 2.05) is 0 Å². The molecule has 0 aromatic rings. The van der Waals surface area contributed by atoms with Gasteiger partial charge in [0.1, 0.15) is 0 Å². The summed E-state index contributed by atoms with van der Waals surface area (Å²) in [5.41, 5.74) is 0. The number of hydrogen-bond donors (Lipinski definition) is 0. The van der Waals surface area contributed by atoms with Gasteiger partial charge < -0.3 is 29.6 Å². The van der Waals surface area contributed by atoms with Crippen LogP contribution in [0.1, 0.15) is 19.3 Å². The smallest absolute Gasteiger partial charge is 0.510 e. The zero-order chi connectivity index (χ0) is 5.98. The summed E-state index contributed by atoms with van der Waals surface area (Å²) in [6.45, 7) is 0. The molecule has 0 spiro atoms. The van der Waals surface area contributed by atoms with Crippen molar-refractivity contribution in [2.24, 2.45) is 0 Å². The first-order valence-corrected chi connectivity index (χ1v) is 3.48. The maximum absolute atomic E-state index is 5.03. The molecule has 9 heavy (non-hydrogen) atoms. The summed E-state index contributed by atoms with van der Waals surface area (Å²) in [5, 5.41) is 0. The molecule has 46 valence electrons. The number of thiocarbonyl (C=S) groups is 1. The zero-order valence-electron chi connectivity index (χ0n) is 5.42. The minimum absolute atomic E-state index is 0. The molecule has 1 nitrogen and oxygen atoms in total. The van der Waals surface area contributed by atoms with Crippen LogP contribution in [0.15, 0.2) is 0 Å². The summed E-state index contributed by atoms with van der Waals surface area (Å²) in [7, 11) is 0. The quantitative estimate of drug-likeness (QED) is 0.277. The Morgan fingerprint density at radius 2 is 2.11 bits per heavy atom. The Morgan fingerprint density at radius 3 is 2.22 bits per heavy atom. The van der Waals surface area contributed by atoms with Crippen LogP contribution in [-0.2, 0) is 17.4 Å². The van der Waals surface area contributed by atoms with Gasteiger partial charge in [-0.05, 0) is 19.3 Å². The van der Waals surface area contributed by atoms with Gasteiger partial charge in [-0.2, -0.15) is 0 Å². The molecular formula is C5H7KOS2. The summed E-state index contributed by atoms with van der Waals surface area (Å²) in [4.78, 5) is 0. The van der Waals surface area contributed by atoms with Crippen LogP contribution in [0.5, 0.6) is 0 Å². The molecule has 0 atom stereocenters. The fourth-order valence-electron chi connectivity index (χ4n) is 0.625. The second kappa shape index (κ2) is 5.40. The van der Waals surface area contributed by atoms with Crippen molar-refractivity contribution in [3.63, 3.8) is 0 Å². The van der Waals surface area contributed by atoms with Gasteiger partial charge >= 0.3 is 51.4 Å². The average molecular weight is 186 g/mol. The van der Waals surface area contributed by atoms with E-state index in [0.717, 1.165) is 12.8 Å². The average Bonchev–Trinajstić information content (AvgIpc) is 1.55. The molecule has 1 fully saturated rings. The van der Waals surface area contributed by atoms with Gasteiger partial charge in [-0.15, -0.1) is 0 Å². The molecule has 0 N–H and O–H groups in total. The molecule has 0 amide bonds. The van der Waals surface area contributed by atoms with Gasteiger partial charge in [-0.25, -0.2) is 0 Å². The van der Waals surface area contributed by atoms with Crippen molar-refractivity contribution in [1.29, 1.82) is 0 Å². The number of ether oxygens (including phenoxy) is 1. The van der Waals surface area contributed by atoms with E-state index in [1.54, 1.807) is 0 Å². The van der Waals surface area contributed by atoms with E-state index in [1.165, 1.54) is 6.42 Å². The molecule has 0 aromatic heterocycles. The topological polar surface area (TPSA) is 9.23 Å². The summed E-state index contributed by atoms with van der Waals surface area (Å²) < 4.78 is 5.31. The largest absolute Gasteiger partial charge is 1.00 e. The van der Waals surface area contributed by atoms with Crippen molar-refractivity contribution in [3.05, 3.63) is 0 Å². The maximum Gasteiger partial charge on any atom is 1.00 e. The van der Waals surface area contributed by atoms with Crippen LogP contribution in [0.2, 0.25) is 0 Å². The van der Waals surface area contributed by atoms with Crippen molar-refractivity contribution in [3.8, 4) is 0 Å². The Morgan fingerprint density at radius 1 is 1.56 bits per heavy atom. The van der Waals surface area contributed by atoms with E-state index in [-0.39, 0.29) is 55.8 Å². The van der Waals surface area contributed by atoms with E-state index >= 15 is 0 Å². The molecule has 0 bridgehead atoms. The van der Waals surface area contributed by atoms with Gasteiger partial charge in [-0.3, -0.25) is 0 Å². The minimum Gasteiger partial charge on any atom is -0.510 e. The first-order chi connectivity index (χ1) is 3.79. The maximum atomic E-state index is 5.03.